The summed E-state index contributed by atoms with van der Waals surface area (Å²) in [5.74, 6) is 1.24. The van der Waals surface area contributed by atoms with E-state index in [9.17, 15) is 4.79 Å². The minimum Gasteiger partial charge on any atom is -0.342 e. The second-order valence-electron chi connectivity index (χ2n) is 7.38. The van der Waals surface area contributed by atoms with Gasteiger partial charge < -0.3 is 4.90 Å². The molecule has 1 fully saturated rings. The molecule has 6 rings (SSSR count). The van der Waals surface area contributed by atoms with Crippen LogP contribution in [0.5, 0.6) is 0 Å². The van der Waals surface area contributed by atoms with E-state index in [2.05, 4.69) is 24.7 Å². The SMILES string of the molecule is O=C(CSc1nnc2n3ncnc3c3c4c(sc3n12)CCC4)N1CCCCC1. The van der Waals surface area contributed by atoms with Crippen molar-refractivity contribution < 1.29 is 4.79 Å². The molecule has 4 aromatic rings. The summed E-state index contributed by atoms with van der Waals surface area (Å²) in [6.07, 6.45) is 8.42. The second kappa shape index (κ2) is 6.41. The van der Waals surface area contributed by atoms with Crippen LogP contribution in [0.4, 0.5) is 0 Å². The van der Waals surface area contributed by atoms with Gasteiger partial charge in [0.1, 0.15) is 11.2 Å². The van der Waals surface area contributed by atoms with Gasteiger partial charge >= 0.3 is 0 Å². The molecule has 28 heavy (non-hydrogen) atoms. The van der Waals surface area contributed by atoms with Crippen molar-refractivity contribution in [3.05, 3.63) is 16.8 Å². The van der Waals surface area contributed by atoms with Crippen LogP contribution in [0.2, 0.25) is 0 Å². The number of nitrogens with zero attached hydrogens (tertiary/aromatic N) is 7. The average molecular weight is 414 g/mol. The van der Waals surface area contributed by atoms with E-state index < -0.39 is 0 Å². The summed E-state index contributed by atoms with van der Waals surface area (Å²) in [6.45, 7) is 1.75. The number of rotatable bonds is 3. The van der Waals surface area contributed by atoms with E-state index in [0.29, 0.717) is 11.5 Å². The predicted molar refractivity (Wildman–Crippen MR) is 108 cm³/mol. The maximum Gasteiger partial charge on any atom is 0.260 e. The number of thiophene rings is 1. The highest BCUT2D eigenvalue weighted by molar-refractivity contribution is 7.99. The molecular formula is C18H19N7OS2. The Labute approximate surface area is 168 Å². The van der Waals surface area contributed by atoms with Crippen LogP contribution in [-0.2, 0) is 17.6 Å². The van der Waals surface area contributed by atoms with Gasteiger partial charge in [-0.15, -0.1) is 21.5 Å². The first-order valence-electron chi connectivity index (χ1n) is 9.73. The highest BCUT2D eigenvalue weighted by atomic mass is 32.2. The lowest BCUT2D eigenvalue weighted by atomic mass is 10.1. The van der Waals surface area contributed by atoms with E-state index in [-0.39, 0.29) is 5.91 Å². The number of hydrogen-bond acceptors (Lipinski definition) is 7. The van der Waals surface area contributed by atoms with Crippen molar-refractivity contribution in [2.45, 2.75) is 43.7 Å². The van der Waals surface area contributed by atoms with Crippen molar-refractivity contribution in [2.75, 3.05) is 18.8 Å². The monoisotopic (exact) mass is 413 g/mol. The lowest BCUT2D eigenvalue weighted by molar-refractivity contribution is -0.129. The van der Waals surface area contributed by atoms with Crippen LogP contribution in [0.15, 0.2) is 11.5 Å². The smallest absolute Gasteiger partial charge is 0.260 e. The minimum atomic E-state index is 0.188. The van der Waals surface area contributed by atoms with Crippen molar-refractivity contribution >= 4 is 50.6 Å². The van der Waals surface area contributed by atoms with Crippen LogP contribution in [0.25, 0.3) is 21.6 Å². The summed E-state index contributed by atoms with van der Waals surface area (Å²) in [7, 11) is 0. The first-order chi connectivity index (χ1) is 13.8. The molecule has 0 spiro atoms. The largest absolute Gasteiger partial charge is 0.342 e. The number of hydrogen-bond donors (Lipinski definition) is 0. The minimum absolute atomic E-state index is 0.188. The van der Waals surface area contributed by atoms with E-state index in [1.807, 2.05) is 16.2 Å². The lowest BCUT2D eigenvalue weighted by Gasteiger charge is -2.26. The summed E-state index contributed by atoms with van der Waals surface area (Å²) in [4.78, 5) is 21.6. The number of aromatic nitrogens is 6. The Morgan fingerprint density at radius 3 is 2.93 bits per heavy atom. The topological polar surface area (TPSA) is 80.7 Å². The van der Waals surface area contributed by atoms with Gasteiger partial charge in [0.2, 0.25) is 5.91 Å². The Bertz CT molecular complexity index is 1220. The molecule has 10 heteroatoms. The van der Waals surface area contributed by atoms with Crippen LogP contribution in [-0.4, -0.2) is 58.8 Å². The Hall–Kier alpha value is -2.20. The number of amides is 1. The van der Waals surface area contributed by atoms with Gasteiger partial charge in [-0.2, -0.15) is 9.61 Å². The molecule has 0 N–H and O–H groups in total. The number of carbonyl (C=O) groups excluding carboxylic acids is 1. The van der Waals surface area contributed by atoms with Crippen molar-refractivity contribution in [3.8, 4) is 0 Å². The molecule has 0 unspecified atom stereocenters. The number of likely N-dealkylation sites (tertiary alicyclic amines) is 1. The zero-order valence-corrected chi connectivity index (χ0v) is 16.9. The van der Waals surface area contributed by atoms with E-state index in [0.717, 1.165) is 54.4 Å². The fraction of sp³-hybridized carbons (Fsp3) is 0.500. The molecule has 0 bridgehead atoms. The third-order valence-corrected chi connectivity index (χ3v) is 7.91. The lowest BCUT2D eigenvalue weighted by Crippen LogP contribution is -2.36. The molecule has 5 heterocycles. The first-order valence-corrected chi connectivity index (χ1v) is 11.5. The molecule has 4 aromatic heterocycles. The van der Waals surface area contributed by atoms with Crippen molar-refractivity contribution in [1.29, 1.82) is 0 Å². The van der Waals surface area contributed by atoms with Gasteiger partial charge in [-0.3, -0.25) is 4.79 Å². The molecular weight excluding hydrogens is 394 g/mol. The first kappa shape index (κ1) is 16.7. The zero-order chi connectivity index (χ0) is 18.7. The van der Waals surface area contributed by atoms with Crippen molar-refractivity contribution in [2.24, 2.45) is 0 Å². The van der Waals surface area contributed by atoms with E-state index >= 15 is 0 Å². The van der Waals surface area contributed by atoms with E-state index in [4.69, 9.17) is 0 Å². The molecule has 1 aliphatic heterocycles. The quantitative estimate of drug-likeness (QED) is 0.480. The summed E-state index contributed by atoms with van der Waals surface area (Å²) >= 11 is 3.28. The predicted octanol–water partition coefficient (Wildman–Crippen LogP) is 2.58. The molecule has 0 atom stereocenters. The number of thioether (sulfide) groups is 1. The van der Waals surface area contributed by atoms with Crippen LogP contribution >= 0.6 is 23.1 Å². The molecule has 8 nitrogen and oxygen atoms in total. The maximum atomic E-state index is 12.6. The second-order valence-corrected chi connectivity index (χ2v) is 9.41. The van der Waals surface area contributed by atoms with Gasteiger partial charge in [-0.25, -0.2) is 9.38 Å². The Balaban J connectivity index is 1.44. The maximum absolute atomic E-state index is 12.6. The molecule has 0 aromatic carbocycles. The van der Waals surface area contributed by atoms with Crippen LogP contribution in [0.1, 0.15) is 36.1 Å². The highest BCUT2D eigenvalue weighted by Crippen LogP contribution is 2.40. The van der Waals surface area contributed by atoms with Gasteiger partial charge in [0.15, 0.2) is 10.8 Å². The number of piperidine rings is 1. The Kier molecular flexibility index (Phi) is 3.83. The van der Waals surface area contributed by atoms with Gasteiger partial charge in [0.25, 0.3) is 5.78 Å². The molecule has 0 saturated carbocycles. The average Bonchev–Trinajstić information content (AvgIpc) is 3.47. The van der Waals surface area contributed by atoms with Gasteiger partial charge in [-0.05, 0) is 44.1 Å². The number of carbonyl (C=O) groups is 1. The van der Waals surface area contributed by atoms with E-state index in [1.165, 1.54) is 40.4 Å². The number of aryl methyl sites for hydroxylation is 2. The molecule has 2 aliphatic rings. The fourth-order valence-corrected chi connectivity index (χ4v) is 6.64. The van der Waals surface area contributed by atoms with Crippen molar-refractivity contribution in [1.82, 2.24) is 34.1 Å². The Morgan fingerprint density at radius 2 is 2.04 bits per heavy atom. The zero-order valence-electron chi connectivity index (χ0n) is 15.3. The fourth-order valence-electron chi connectivity index (χ4n) is 4.37. The highest BCUT2D eigenvalue weighted by Gasteiger charge is 2.26. The third kappa shape index (κ3) is 2.40. The van der Waals surface area contributed by atoms with Crippen LogP contribution in [0, 0.1) is 0 Å². The third-order valence-electron chi connectivity index (χ3n) is 5.72. The molecule has 144 valence electrons. The Morgan fingerprint density at radius 1 is 1.14 bits per heavy atom. The summed E-state index contributed by atoms with van der Waals surface area (Å²) in [5.41, 5.74) is 2.25. The normalized spacial score (nSPS) is 17.2. The molecule has 1 saturated heterocycles. The molecule has 0 radical (unpaired) electrons. The van der Waals surface area contributed by atoms with Gasteiger partial charge in [0, 0.05) is 18.0 Å². The molecule has 1 amide bonds. The van der Waals surface area contributed by atoms with Gasteiger partial charge in [-0.1, -0.05) is 11.8 Å². The molecule has 1 aliphatic carbocycles. The summed E-state index contributed by atoms with van der Waals surface area (Å²) in [5, 5.41) is 15.1. The van der Waals surface area contributed by atoms with Gasteiger partial charge in [0.05, 0.1) is 11.1 Å². The van der Waals surface area contributed by atoms with Crippen LogP contribution < -0.4 is 0 Å². The standard InChI is InChI=1S/C18H19N7OS2/c26-13(23-7-2-1-3-8-23)9-27-18-22-21-17-24(18)16-14(15-19-10-20-25(15)17)11-5-4-6-12(11)28-16/h10H,1-9H2. The summed E-state index contributed by atoms with van der Waals surface area (Å²) < 4.78 is 3.84. The van der Waals surface area contributed by atoms with Crippen LogP contribution in [0.3, 0.4) is 0 Å². The van der Waals surface area contributed by atoms with E-state index in [1.54, 1.807) is 10.8 Å². The summed E-state index contributed by atoms with van der Waals surface area (Å²) in [6, 6.07) is 0. The number of fused-ring (bicyclic) bond motifs is 8. The van der Waals surface area contributed by atoms with Crippen molar-refractivity contribution in [3.63, 3.8) is 0 Å².